The zero-order valence-corrected chi connectivity index (χ0v) is 19.7. The topological polar surface area (TPSA) is 95.6 Å². The Bertz CT molecular complexity index is 1180. The number of carbonyl (C=O) groups is 2. The Hall–Kier alpha value is -3.18. The van der Waals surface area contributed by atoms with Gasteiger partial charge < -0.3 is 10.2 Å². The van der Waals surface area contributed by atoms with Crippen LogP contribution in [0, 0.1) is 5.92 Å². The van der Waals surface area contributed by atoms with Gasteiger partial charge in [-0.05, 0) is 47.7 Å². The van der Waals surface area contributed by atoms with Crippen LogP contribution in [0.25, 0.3) is 0 Å². The second-order valence-corrected chi connectivity index (χ2v) is 10.0. The summed E-state index contributed by atoms with van der Waals surface area (Å²) in [6.07, 6.45) is -3.74. The molecule has 0 saturated carbocycles. The lowest BCUT2D eigenvalue weighted by molar-refractivity contribution is -0.137. The van der Waals surface area contributed by atoms with Crippen molar-refractivity contribution in [3.8, 4) is 0 Å². The van der Waals surface area contributed by atoms with Crippen LogP contribution in [-0.4, -0.2) is 44.8 Å². The zero-order chi connectivity index (χ0) is 25.6. The van der Waals surface area contributed by atoms with E-state index in [2.05, 4.69) is 16.6 Å². The van der Waals surface area contributed by atoms with E-state index >= 15 is 0 Å². The predicted octanol–water partition coefficient (Wildman–Crippen LogP) is 3.09. The van der Waals surface area contributed by atoms with Crippen molar-refractivity contribution in [2.75, 3.05) is 19.6 Å². The fourth-order valence-electron chi connectivity index (χ4n) is 3.73. The van der Waals surface area contributed by atoms with Gasteiger partial charge in [-0.25, -0.2) is 13.1 Å². The fraction of sp³-hybridized carbons (Fsp3) is 0.333. The molecule has 0 spiro atoms. The number of likely N-dealkylation sites (tertiary alicyclic amines) is 1. The summed E-state index contributed by atoms with van der Waals surface area (Å²) in [5.74, 6) is -0.538. The Morgan fingerprint density at radius 3 is 2.49 bits per heavy atom. The van der Waals surface area contributed by atoms with Crippen LogP contribution in [-0.2, 0) is 34.0 Å². The lowest BCUT2D eigenvalue weighted by Crippen LogP contribution is -2.32. The Morgan fingerprint density at radius 1 is 1.11 bits per heavy atom. The third-order valence-electron chi connectivity index (χ3n) is 5.68. The monoisotopic (exact) mass is 509 g/mol. The van der Waals surface area contributed by atoms with E-state index in [4.69, 9.17) is 0 Å². The molecule has 1 heterocycles. The highest BCUT2D eigenvalue weighted by molar-refractivity contribution is 7.92. The number of benzene rings is 2. The van der Waals surface area contributed by atoms with Crippen LogP contribution in [0.1, 0.15) is 33.5 Å². The molecule has 2 amide bonds. The van der Waals surface area contributed by atoms with E-state index in [0.29, 0.717) is 36.2 Å². The molecule has 1 saturated heterocycles. The second-order valence-electron chi connectivity index (χ2n) is 8.31. The fourth-order valence-corrected chi connectivity index (χ4v) is 4.32. The number of alkyl halides is 3. The molecule has 0 unspecified atom stereocenters. The van der Waals surface area contributed by atoms with E-state index in [9.17, 15) is 31.2 Å². The van der Waals surface area contributed by atoms with Gasteiger partial charge in [0.1, 0.15) is 0 Å². The molecule has 1 aliphatic heterocycles. The summed E-state index contributed by atoms with van der Waals surface area (Å²) >= 11 is 0. The van der Waals surface area contributed by atoms with Crippen LogP contribution >= 0.6 is 0 Å². The van der Waals surface area contributed by atoms with Gasteiger partial charge in [-0.2, -0.15) is 13.2 Å². The first kappa shape index (κ1) is 26.4. The maximum atomic E-state index is 12.9. The number of rotatable bonds is 9. The Labute approximate surface area is 202 Å². The normalized spacial score (nSPS) is 16.2. The summed E-state index contributed by atoms with van der Waals surface area (Å²) in [5.41, 5.74) is 0.825. The third-order valence-corrected chi connectivity index (χ3v) is 6.68. The first-order valence-electron chi connectivity index (χ1n) is 10.9. The standard InChI is InChI=1S/C24H26F3N3O4S/c1-2-35(33,34)29-15-19-10-11-30(16-19)23(32)20-5-3-4-18(12-20)13-22(31)28-14-17-6-8-21(9-7-17)24(25,26)27/h2-9,12,19,29H,1,10-11,13-16H2,(H,28,31)/t19-/m0/s1. The SMILES string of the molecule is C=CS(=O)(=O)NC[C@@H]1CCN(C(=O)c2cccc(CC(=O)NCc3ccc(C(F)(F)F)cc3)c2)C1. The zero-order valence-electron chi connectivity index (χ0n) is 18.8. The molecule has 188 valence electrons. The van der Waals surface area contributed by atoms with Gasteiger partial charge in [-0.15, -0.1) is 0 Å². The third kappa shape index (κ3) is 7.66. The molecular weight excluding hydrogens is 483 g/mol. The first-order valence-corrected chi connectivity index (χ1v) is 12.4. The van der Waals surface area contributed by atoms with Crippen LogP contribution in [0.2, 0.25) is 0 Å². The summed E-state index contributed by atoms with van der Waals surface area (Å²) < 4.78 is 63.4. The molecule has 3 rings (SSSR count). The van der Waals surface area contributed by atoms with Gasteiger partial charge in [-0.1, -0.05) is 30.8 Å². The second kappa shape index (κ2) is 11.0. The van der Waals surface area contributed by atoms with Crippen LogP contribution in [0.15, 0.2) is 60.5 Å². The van der Waals surface area contributed by atoms with Gasteiger partial charge in [0, 0.05) is 37.2 Å². The summed E-state index contributed by atoms with van der Waals surface area (Å²) in [6, 6.07) is 11.2. The Kier molecular flexibility index (Phi) is 8.34. The predicted molar refractivity (Wildman–Crippen MR) is 125 cm³/mol. The molecule has 0 aliphatic carbocycles. The molecule has 2 aromatic rings. The van der Waals surface area contributed by atoms with Crippen molar-refractivity contribution in [1.29, 1.82) is 0 Å². The maximum absolute atomic E-state index is 12.9. The molecule has 0 aromatic heterocycles. The van der Waals surface area contributed by atoms with Gasteiger partial charge >= 0.3 is 6.18 Å². The number of amides is 2. The molecule has 1 atom stereocenters. The van der Waals surface area contributed by atoms with Crippen molar-refractivity contribution in [1.82, 2.24) is 14.9 Å². The van der Waals surface area contributed by atoms with Crippen LogP contribution in [0.3, 0.4) is 0 Å². The van der Waals surface area contributed by atoms with E-state index in [0.717, 1.165) is 17.5 Å². The molecule has 35 heavy (non-hydrogen) atoms. The van der Waals surface area contributed by atoms with E-state index in [1.54, 1.807) is 29.2 Å². The van der Waals surface area contributed by atoms with Crippen LogP contribution in [0.5, 0.6) is 0 Å². The molecule has 0 bridgehead atoms. The van der Waals surface area contributed by atoms with Crippen LogP contribution < -0.4 is 10.0 Å². The van der Waals surface area contributed by atoms with Gasteiger partial charge in [0.05, 0.1) is 12.0 Å². The van der Waals surface area contributed by atoms with E-state index in [-0.39, 0.29) is 37.2 Å². The summed E-state index contributed by atoms with van der Waals surface area (Å²) in [5, 5.41) is 3.51. The lowest BCUT2D eigenvalue weighted by Gasteiger charge is -2.17. The van der Waals surface area contributed by atoms with Gasteiger partial charge in [0.2, 0.25) is 15.9 Å². The number of sulfonamides is 1. The number of nitrogens with one attached hydrogen (secondary N) is 2. The molecule has 2 aromatic carbocycles. The first-order chi connectivity index (χ1) is 16.5. The average molecular weight is 510 g/mol. The highest BCUT2D eigenvalue weighted by Crippen LogP contribution is 2.29. The summed E-state index contributed by atoms with van der Waals surface area (Å²) in [6.45, 7) is 4.46. The molecule has 1 fully saturated rings. The minimum absolute atomic E-state index is 0.00664. The number of carbonyl (C=O) groups excluding carboxylic acids is 2. The minimum atomic E-state index is -4.41. The highest BCUT2D eigenvalue weighted by atomic mass is 32.2. The van der Waals surface area contributed by atoms with E-state index in [1.807, 2.05) is 0 Å². The van der Waals surface area contributed by atoms with Gasteiger partial charge in [0.15, 0.2) is 0 Å². The number of hydrogen-bond donors (Lipinski definition) is 2. The molecule has 2 N–H and O–H groups in total. The minimum Gasteiger partial charge on any atom is -0.352 e. The molecule has 1 aliphatic rings. The highest BCUT2D eigenvalue weighted by Gasteiger charge is 2.30. The van der Waals surface area contributed by atoms with Gasteiger partial charge in [0.25, 0.3) is 5.91 Å². The van der Waals surface area contributed by atoms with E-state index in [1.165, 1.54) is 12.1 Å². The van der Waals surface area contributed by atoms with Crippen molar-refractivity contribution in [2.45, 2.75) is 25.6 Å². The largest absolute Gasteiger partial charge is 0.416 e. The average Bonchev–Trinajstić information content (AvgIpc) is 3.30. The summed E-state index contributed by atoms with van der Waals surface area (Å²) in [4.78, 5) is 26.9. The smallest absolute Gasteiger partial charge is 0.352 e. The van der Waals surface area contributed by atoms with Gasteiger partial charge in [-0.3, -0.25) is 9.59 Å². The van der Waals surface area contributed by atoms with Crippen molar-refractivity contribution in [3.63, 3.8) is 0 Å². The maximum Gasteiger partial charge on any atom is 0.416 e. The number of nitrogens with zero attached hydrogens (tertiary/aromatic N) is 1. The quantitative estimate of drug-likeness (QED) is 0.543. The number of halogens is 3. The van der Waals surface area contributed by atoms with E-state index < -0.39 is 21.8 Å². The number of hydrogen-bond acceptors (Lipinski definition) is 4. The molecule has 0 radical (unpaired) electrons. The molecular formula is C24H26F3N3O4S. The Balaban J connectivity index is 1.51. The molecule has 7 nitrogen and oxygen atoms in total. The van der Waals surface area contributed by atoms with Crippen molar-refractivity contribution in [3.05, 3.63) is 82.8 Å². The summed E-state index contributed by atoms with van der Waals surface area (Å²) in [7, 11) is -3.52. The van der Waals surface area contributed by atoms with Crippen molar-refractivity contribution in [2.24, 2.45) is 5.92 Å². The Morgan fingerprint density at radius 2 is 1.83 bits per heavy atom. The molecule has 11 heteroatoms. The lowest BCUT2D eigenvalue weighted by atomic mass is 10.1. The van der Waals surface area contributed by atoms with Crippen molar-refractivity contribution >= 4 is 21.8 Å². The van der Waals surface area contributed by atoms with Crippen molar-refractivity contribution < 1.29 is 31.2 Å². The van der Waals surface area contributed by atoms with Crippen LogP contribution in [0.4, 0.5) is 13.2 Å².